The fourth-order valence-electron chi connectivity index (χ4n) is 5.38. The third kappa shape index (κ3) is 7.41. The number of phenolic OH excluding ortho intramolecular Hbond substituents is 2. The third-order valence-corrected chi connectivity index (χ3v) is 8.24. The average molecular weight is 688 g/mol. The van der Waals surface area contributed by atoms with Gasteiger partial charge in [0.25, 0.3) is 11.8 Å². The molecule has 0 saturated heterocycles. The normalized spacial score (nSPS) is 11.6. The smallest absolute Gasteiger partial charge is 0.326 e. The van der Waals surface area contributed by atoms with E-state index in [1.807, 2.05) is 0 Å². The molecule has 1 unspecified atom stereocenters. The van der Waals surface area contributed by atoms with Gasteiger partial charge < -0.3 is 20.6 Å². The van der Waals surface area contributed by atoms with Gasteiger partial charge in [-0.1, -0.05) is 53.5 Å². The van der Waals surface area contributed by atoms with E-state index in [1.165, 1.54) is 42.5 Å². The highest BCUT2D eigenvalue weighted by molar-refractivity contribution is 6.40. The molecule has 10 nitrogen and oxygen atoms in total. The van der Waals surface area contributed by atoms with Gasteiger partial charge in [0.05, 0.1) is 26.8 Å². The predicted molar refractivity (Wildman–Crippen MR) is 180 cm³/mol. The lowest BCUT2D eigenvalue weighted by Crippen LogP contribution is -2.42. The molecular formula is C36H28Cl2N2O8. The van der Waals surface area contributed by atoms with Crippen molar-refractivity contribution in [1.82, 2.24) is 9.88 Å². The molecule has 4 aromatic carbocycles. The van der Waals surface area contributed by atoms with Gasteiger partial charge in [-0.3, -0.25) is 23.7 Å². The number of Topliss-reactive ketones (excluding diaryl/α,β-unsaturated/α-hetero) is 2. The van der Waals surface area contributed by atoms with Crippen LogP contribution in [0.25, 0.3) is 10.9 Å². The van der Waals surface area contributed by atoms with E-state index in [0.717, 1.165) is 10.1 Å². The molecule has 0 aliphatic carbocycles. The molecule has 0 bridgehead atoms. The minimum absolute atomic E-state index is 0.0646. The number of hydrogen-bond donors (Lipinski definition) is 4. The van der Waals surface area contributed by atoms with Gasteiger partial charge in [-0.25, -0.2) is 4.79 Å². The number of carbonyl (C=O) groups is 5. The molecule has 5 rings (SSSR count). The quantitative estimate of drug-likeness (QED) is 0.113. The van der Waals surface area contributed by atoms with Gasteiger partial charge in [0, 0.05) is 29.4 Å². The van der Waals surface area contributed by atoms with Crippen molar-refractivity contribution in [1.29, 1.82) is 0 Å². The minimum atomic E-state index is -1.75. The number of nitrogens with one attached hydrogen (secondary N) is 1. The molecule has 48 heavy (non-hydrogen) atoms. The van der Waals surface area contributed by atoms with Crippen molar-refractivity contribution in [3.63, 3.8) is 0 Å². The number of nitrogens with zero attached hydrogens (tertiary/aromatic N) is 1. The Bertz CT molecular complexity index is 2080. The fraction of sp³-hybridized carbons (Fsp3) is 0.139. The summed E-state index contributed by atoms with van der Waals surface area (Å²) < 4.78 is 1.15. The Morgan fingerprint density at radius 3 is 2.17 bits per heavy atom. The Hall–Kier alpha value is -5.45. The number of rotatable bonds is 11. The summed E-state index contributed by atoms with van der Waals surface area (Å²) in [4.78, 5) is 65.6. The van der Waals surface area contributed by atoms with Crippen LogP contribution in [0.2, 0.25) is 10.0 Å². The van der Waals surface area contributed by atoms with E-state index >= 15 is 0 Å². The summed E-state index contributed by atoms with van der Waals surface area (Å²) in [6, 6.07) is 19.7. The summed E-state index contributed by atoms with van der Waals surface area (Å²) in [5.41, 5.74) is 1.57. The molecule has 0 spiro atoms. The van der Waals surface area contributed by atoms with Crippen LogP contribution >= 0.6 is 23.2 Å². The molecule has 0 radical (unpaired) electrons. The van der Waals surface area contributed by atoms with Crippen LogP contribution in [0.3, 0.4) is 0 Å². The van der Waals surface area contributed by atoms with Crippen LogP contribution in [0, 0.1) is 6.92 Å². The average Bonchev–Trinajstić information content (AvgIpc) is 3.42. The Kier molecular flexibility index (Phi) is 9.98. The second-order valence-corrected chi connectivity index (χ2v) is 12.0. The number of fused-ring (bicyclic) bond motifs is 1. The summed E-state index contributed by atoms with van der Waals surface area (Å²) in [6.07, 6.45) is -0.337. The highest BCUT2D eigenvalue weighted by Crippen LogP contribution is 2.29. The van der Waals surface area contributed by atoms with Crippen molar-refractivity contribution < 1.29 is 39.3 Å². The van der Waals surface area contributed by atoms with Crippen LogP contribution in [0.1, 0.15) is 65.5 Å². The lowest BCUT2D eigenvalue weighted by Gasteiger charge is -2.16. The molecule has 1 aromatic heterocycles. The summed E-state index contributed by atoms with van der Waals surface area (Å²) in [7, 11) is 0. The number of aryl methyl sites for hydroxylation is 2. The van der Waals surface area contributed by atoms with E-state index in [2.05, 4.69) is 5.32 Å². The van der Waals surface area contributed by atoms with Gasteiger partial charge in [0.1, 0.15) is 17.5 Å². The maximum Gasteiger partial charge on any atom is 0.326 e. The van der Waals surface area contributed by atoms with E-state index in [-0.39, 0.29) is 56.1 Å². The largest absolute Gasteiger partial charge is 0.508 e. The Balaban J connectivity index is 1.36. The topological polar surface area (TPSA) is 163 Å². The van der Waals surface area contributed by atoms with Crippen molar-refractivity contribution >= 4 is 63.5 Å². The van der Waals surface area contributed by atoms with Crippen LogP contribution in [0.15, 0.2) is 84.9 Å². The number of ketones is 2. The Morgan fingerprint density at radius 1 is 0.792 bits per heavy atom. The minimum Gasteiger partial charge on any atom is -0.508 e. The van der Waals surface area contributed by atoms with E-state index in [0.29, 0.717) is 22.9 Å². The van der Waals surface area contributed by atoms with Gasteiger partial charge in [0.15, 0.2) is 11.6 Å². The molecule has 12 heteroatoms. The molecule has 0 fully saturated rings. The molecule has 1 atom stereocenters. The zero-order valence-corrected chi connectivity index (χ0v) is 26.9. The van der Waals surface area contributed by atoms with Crippen LogP contribution in [0.5, 0.6) is 11.5 Å². The zero-order chi connectivity index (χ0) is 34.7. The number of aromatic hydroxyl groups is 2. The number of phenols is 2. The monoisotopic (exact) mass is 686 g/mol. The van der Waals surface area contributed by atoms with Crippen LogP contribution < -0.4 is 5.32 Å². The highest BCUT2D eigenvalue weighted by atomic mass is 35.5. The van der Waals surface area contributed by atoms with E-state index in [9.17, 15) is 39.3 Å². The standard InChI is InChI=1S/C36H28Cl2N2O8/c1-19-11-23(14-25(42)12-19)35(46)40-29-8-3-2-6-21(29)17-30(40)32(44)18-28(36(47)48)39-34(45)33-26(37)15-22(16-27(33)38)31(43)10-9-20-5-4-7-24(41)13-20/h2-8,11-17,28,41-42H,9-10,18H2,1H3,(H,39,45)(H,47,48). The maximum absolute atomic E-state index is 13.7. The molecule has 1 heterocycles. The van der Waals surface area contributed by atoms with Crippen molar-refractivity contribution in [2.75, 3.05) is 0 Å². The third-order valence-electron chi connectivity index (χ3n) is 7.64. The molecule has 0 aliphatic rings. The fourth-order valence-corrected chi connectivity index (χ4v) is 6.04. The second-order valence-electron chi connectivity index (χ2n) is 11.2. The van der Waals surface area contributed by atoms with Gasteiger partial charge in [-0.05, 0) is 79.1 Å². The predicted octanol–water partition coefficient (Wildman–Crippen LogP) is 6.63. The summed E-state index contributed by atoms with van der Waals surface area (Å²) in [5.74, 6) is -4.29. The Morgan fingerprint density at radius 2 is 1.50 bits per heavy atom. The number of amides is 1. The van der Waals surface area contributed by atoms with Crippen LogP contribution in [0.4, 0.5) is 0 Å². The SMILES string of the molecule is Cc1cc(O)cc(C(=O)n2c(C(=O)CC(NC(=O)c3c(Cl)cc(C(=O)CCc4cccc(O)c4)cc3Cl)C(=O)O)cc3ccccc32)c1. The van der Waals surface area contributed by atoms with Gasteiger partial charge in [0.2, 0.25) is 0 Å². The number of benzene rings is 4. The van der Waals surface area contributed by atoms with E-state index in [4.69, 9.17) is 23.2 Å². The van der Waals surface area contributed by atoms with E-state index in [1.54, 1.807) is 49.4 Å². The number of para-hydroxylation sites is 1. The first kappa shape index (κ1) is 33.9. The van der Waals surface area contributed by atoms with Crippen molar-refractivity contribution in [3.8, 4) is 11.5 Å². The van der Waals surface area contributed by atoms with Crippen molar-refractivity contribution in [2.24, 2.45) is 0 Å². The van der Waals surface area contributed by atoms with Crippen molar-refractivity contribution in [2.45, 2.75) is 32.2 Å². The summed E-state index contributed by atoms with van der Waals surface area (Å²) >= 11 is 12.7. The summed E-state index contributed by atoms with van der Waals surface area (Å²) in [5, 5.41) is 32.1. The number of carbonyl (C=O) groups excluding carboxylic acids is 4. The first-order valence-corrected chi connectivity index (χ1v) is 15.4. The number of carboxylic acid groups (broad SMARTS) is 1. The zero-order valence-electron chi connectivity index (χ0n) is 25.4. The number of halogens is 2. The lowest BCUT2D eigenvalue weighted by atomic mass is 10.0. The second kappa shape index (κ2) is 14.1. The lowest BCUT2D eigenvalue weighted by molar-refractivity contribution is -0.139. The molecule has 4 N–H and O–H groups in total. The first-order valence-electron chi connectivity index (χ1n) is 14.6. The van der Waals surface area contributed by atoms with Gasteiger partial charge >= 0.3 is 5.97 Å². The van der Waals surface area contributed by atoms with Crippen molar-refractivity contribution in [3.05, 3.63) is 128 Å². The molecule has 5 aromatic rings. The van der Waals surface area contributed by atoms with Crippen LogP contribution in [-0.4, -0.2) is 55.3 Å². The van der Waals surface area contributed by atoms with Gasteiger partial charge in [-0.15, -0.1) is 0 Å². The molecule has 244 valence electrons. The van der Waals surface area contributed by atoms with E-state index < -0.39 is 36.0 Å². The molecule has 0 saturated carbocycles. The molecule has 1 amide bonds. The summed E-state index contributed by atoms with van der Waals surface area (Å²) in [6.45, 7) is 1.69. The maximum atomic E-state index is 13.7. The number of carboxylic acids is 1. The van der Waals surface area contributed by atoms with Crippen LogP contribution in [-0.2, 0) is 11.2 Å². The molecule has 0 aliphatic heterocycles. The number of aliphatic carboxylic acids is 1. The first-order chi connectivity index (χ1) is 22.8. The highest BCUT2D eigenvalue weighted by Gasteiger charge is 2.30. The van der Waals surface area contributed by atoms with Gasteiger partial charge in [-0.2, -0.15) is 0 Å². The number of hydrogen-bond acceptors (Lipinski definition) is 7. The number of aromatic nitrogens is 1. The molecular weight excluding hydrogens is 659 g/mol. The Labute approximate surface area is 284 Å².